The number of nitrogens with one attached hydrogen (secondary N) is 1. The maximum Gasteiger partial charge on any atom is 0.409 e. The molecule has 0 aromatic heterocycles. The zero-order chi connectivity index (χ0) is 16.0. The molecule has 1 fully saturated rings. The van der Waals surface area contributed by atoms with E-state index in [1.807, 2.05) is 0 Å². The van der Waals surface area contributed by atoms with Crippen molar-refractivity contribution in [2.24, 2.45) is 11.3 Å². The molecule has 1 aliphatic heterocycles. The number of amides is 2. The van der Waals surface area contributed by atoms with Crippen LogP contribution in [0.3, 0.4) is 0 Å². The number of methoxy groups -OCH3 is 1. The van der Waals surface area contributed by atoms with E-state index in [-0.39, 0.29) is 17.6 Å². The Morgan fingerprint density at radius 3 is 2.48 bits per heavy atom. The Balaban J connectivity index is 2.70. The monoisotopic (exact) mass is 300 g/mol. The molecule has 0 aromatic rings. The molecule has 6 nitrogen and oxygen atoms in total. The first kappa shape index (κ1) is 17.6. The third-order valence-electron chi connectivity index (χ3n) is 3.47. The second kappa shape index (κ2) is 7.52. The van der Waals surface area contributed by atoms with Gasteiger partial charge in [0.2, 0.25) is 0 Å². The van der Waals surface area contributed by atoms with E-state index in [2.05, 4.69) is 26.1 Å². The lowest BCUT2D eigenvalue weighted by molar-refractivity contribution is 0.0773. The van der Waals surface area contributed by atoms with Gasteiger partial charge >= 0.3 is 12.2 Å². The summed E-state index contributed by atoms with van der Waals surface area (Å²) >= 11 is 0. The molecule has 1 N–H and O–H groups in total. The van der Waals surface area contributed by atoms with Gasteiger partial charge in [-0.15, -0.1) is 0 Å². The fraction of sp³-hybridized carbons (Fsp3) is 0.867. The summed E-state index contributed by atoms with van der Waals surface area (Å²) in [5.74, 6) is 0.338. The van der Waals surface area contributed by atoms with Gasteiger partial charge < -0.3 is 19.7 Å². The van der Waals surface area contributed by atoms with Crippen molar-refractivity contribution < 1.29 is 19.1 Å². The molecule has 2 atom stereocenters. The Morgan fingerprint density at radius 1 is 1.29 bits per heavy atom. The van der Waals surface area contributed by atoms with E-state index < -0.39 is 6.09 Å². The van der Waals surface area contributed by atoms with Gasteiger partial charge in [0.05, 0.1) is 19.8 Å². The minimum Gasteiger partial charge on any atom is -0.453 e. The number of hydrogen-bond donors (Lipinski definition) is 1. The van der Waals surface area contributed by atoms with Crippen LogP contribution >= 0.6 is 0 Å². The molecule has 0 aliphatic carbocycles. The maximum absolute atomic E-state index is 11.8. The molecule has 1 saturated heterocycles. The van der Waals surface area contributed by atoms with E-state index in [0.717, 1.165) is 12.8 Å². The molecule has 0 bridgehead atoms. The Labute approximate surface area is 127 Å². The van der Waals surface area contributed by atoms with Crippen LogP contribution in [0.5, 0.6) is 0 Å². The highest BCUT2D eigenvalue weighted by Crippen LogP contribution is 2.30. The molecule has 1 heterocycles. The number of piperidine rings is 1. The molecule has 0 aromatic carbocycles. The van der Waals surface area contributed by atoms with Gasteiger partial charge in [0.25, 0.3) is 0 Å². The summed E-state index contributed by atoms with van der Waals surface area (Å²) < 4.78 is 9.73. The van der Waals surface area contributed by atoms with Crippen LogP contribution in [0, 0.1) is 11.3 Å². The normalized spacial score (nSPS) is 22.6. The summed E-state index contributed by atoms with van der Waals surface area (Å²) in [5, 5.41) is 2.83. The van der Waals surface area contributed by atoms with Gasteiger partial charge in [-0.25, -0.2) is 9.59 Å². The zero-order valence-corrected chi connectivity index (χ0v) is 13.8. The lowest BCUT2D eigenvalue weighted by atomic mass is 9.80. The first-order valence-electron chi connectivity index (χ1n) is 7.51. The molecule has 0 spiro atoms. The summed E-state index contributed by atoms with van der Waals surface area (Å²) in [6.45, 7) is 9.78. The van der Waals surface area contributed by atoms with Crippen molar-refractivity contribution in [3.05, 3.63) is 0 Å². The summed E-state index contributed by atoms with van der Waals surface area (Å²) in [6, 6.07) is -0.0933. The minimum atomic E-state index is -0.427. The van der Waals surface area contributed by atoms with Crippen molar-refractivity contribution in [3.63, 3.8) is 0 Å². The van der Waals surface area contributed by atoms with Crippen LogP contribution in [-0.4, -0.2) is 49.9 Å². The summed E-state index contributed by atoms with van der Waals surface area (Å²) in [6.07, 6.45) is 1.07. The second-order valence-electron chi connectivity index (χ2n) is 6.80. The highest BCUT2D eigenvalue weighted by atomic mass is 16.5. The van der Waals surface area contributed by atoms with Gasteiger partial charge in [0, 0.05) is 13.1 Å². The van der Waals surface area contributed by atoms with E-state index in [0.29, 0.717) is 25.6 Å². The third kappa shape index (κ3) is 6.23. The van der Waals surface area contributed by atoms with E-state index in [9.17, 15) is 9.59 Å². The molecule has 1 rings (SSSR count). The van der Waals surface area contributed by atoms with Crippen LogP contribution in [0.15, 0.2) is 0 Å². The molecule has 0 saturated carbocycles. The molecule has 0 radical (unpaired) electrons. The van der Waals surface area contributed by atoms with Gasteiger partial charge in [-0.3, -0.25) is 0 Å². The second-order valence-corrected chi connectivity index (χ2v) is 6.80. The van der Waals surface area contributed by atoms with Crippen LogP contribution in [0.2, 0.25) is 0 Å². The van der Waals surface area contributed by atoms with Crippen LogP contribution in [0.4, 0.5) is 9.59 Å². The van der Waals surface area contributed by atoms with E-state index in [4.69, 9.17) is 9.47 Å². The average Bonchev–Trinajstić information content (AvgIpc) is 2.35. The molecule has 6 heteroatoms. The molecule has 2 amide bonds. The van der Waals surface area contributed by atoms with Crippen LogP contribution < -0.4 is 5.32 Å². The van der Waals surface area contributed by atoms with Crippen LogP contribution in [-0.2, 0) is 9.47 Å². The number of alkyl carbamates (subject to hydrolysis) is 1. The lowest BCUT2D eigenvalue weighted by Gasteiger charge is -2.39. The number of nitrogens with zero attached hydrogens (tertiary/aromatic N) is 1. The van der Waals surface area contributed by atoms with Gasteiger partial charge in [-0.1, -0.05) is 20.8 Å². The van der Waals surface area contributed by atoms with Crippen molar-refractivity contribution in [1.82, 2.24) is 10.2 Å². The standard InChI is InChI=1S/C15H28N2O4/c1-6-21-13(18)16-12-7-11(8-15(2,3)4)9-17(10-12)14(19)20-5/h11-12H,6-10H2,1-5H3,(H,16,18). The quantitative estimate of drug-likeness (QED) is 0.870. The number of rotatable bonds is 3. The molecule has 1 aliphatic rings. The van der Waals surface area contributed by atoms with Gasteiger partial charge in [-0.05, 0) is 31.1 Å². The van der Waals surface area contributed by atoms with Crippen molar-refractivity contribution in [2.75, 3.05) is 26.8 Å². The number of ether oxygens (including phenoxy) is 2. The Hall–Kier alpha value is -1.46. The molecular weight excluding hydrogens is 272 g/mol. The van der Waals surface area contributed by atoms with Crippen molar-refractivity contribution in [3.8, 4) is 0 Å². The van der Waals surface area contributed by atoms with Crippen molar-refractivity contribution in [1.29, 1.82) is 0 Å². The number of carbonyl (C=O) groups excluding carboxylic acids is 2. The fourth-order valence-corrected chi connectivity index (χ4v) is 2.94. The zero-order valence-electron chi connectivity index (χ0n) is 13.8. The third-order valence-corrected chi connectivity index (χ3v) is 3.47. The van der Waals surface area contributed by atoms with Crippen LogP contribution in [0.1, 0.15) is 40.5 Å². The van der Waals surface area contributed by atoms with Crippen molar-refractivity contribution in [2.45, 2.75) is 46.6 Å². The number of likely N-dealkylation sites (tertiary alicyclic amines) is 1. The van der Waals surface area contributed by atoms with E-state index >= 15 is 0 Å². The highest BCUT2D eigenvalue weighted by molar-refractivity contribution is 5.69. The molecule has 21 heavy (non-hydrogen) atoms. The van der Waals surface area contributed by atoms with Crippen molar-refractivity contribution >= 4 is 12.2 Å². The predicted molar refractivity (Wildman–Crippen MR) is 80.1 cm³/mol. The largest absolute Gasteiger partial charge is 0.453 e. The minimum absolute atomic E-state index is 0.0933. The fourth-order valence-electron chi connectivity index (χ4n) is 2.94. The summed E-state index contributed by atoms with van der Waals surface area (Å²) in [5.41, 5.74) is 0.179. The summed E-state index contributed by atoms with van der Waals surface area (Å²) in [4.78, 5) is 25.0. The highest BCUT2D eigenvalue weighted by Gasteiger charge is 2.33. The Morgan fingerprint density at radius 2 is 1.95 bits per heavy atom. The molecule has 2 unspecified atom stereocenters. The number of hydrogen-bond acceptors (Lipinski definition) is 4. The van der Waals surface area contributed by atoms with Gasteiger partial charge in [-0.2, -0.15) is 0 Å². The topological polar surface area (TPSA) is 67.9 Å². The van der Waals surface area contributed by atoms with Crippen LogP contribution in [0.25, 0.3) is 0 Å². The summed E-state index contributed by atoms with van der Waals surface area (Å²) in [7, 11) is 1.38. The molecule has 122 valence electrons. The average molecular weight is 300 g/mol. The number of carbonyl (C=O) groups is 2. The first-order valence-corrected chi connectivity index (χ1v) is 7.51. The SMILES string of the molecule is CCOC(=O)NC1CC(CC(C)(C)C)CN(C(=O)OC)C1. The Bertz CT molecular complexity index is 365. The van der Waals surface area contributed by atoms with E-state index in [1.165, 1.54) is 7.11 Å². The smallest absolute Gasteiger partial charge is 0.409 e. The first-order chi connectivity index (χ1) is 9.75. The maximum atomic E-state index is 11.8. The lowest BCUT2D eigenvalue weighted by Crippen LogP contribution is -2.53. The van der Waals surface area contributed by atoms with Gasteiger partial charge in [0.1, 0.15) is 0 Å². The molecular formula is C15H28N2O4. The predicted octanol–water partition coefficient (Wildman–Crippen LogP) is 2.63. The van der Waals surface area contributed by atoms with E-state index in [1.54, 1.807) is 11.8 Å². The Kier molecular flexibility index (Phi) is 6.30. The van der Waals surface area contributed by atoms with Gasteiger partial charge in [0.15, 0.2) is 0 Å².